The summed E-state index contributed by atoms with van der Waals surface area (Å²) in [7, 11) is 1.47. The van der Waals surface area contributed by atoms with Crippen molar-refractivity contribution in [3.05, 3.63) is 105 Å². The third kappa shape index (κ3) is 3.82. The number of nitro benzene ring substituents is 1. The first-order valence-electron chi connectivity index (χ1n) is 10.1. The minimum absolute atomic E-state index is 0.0614. The van der Waals surface area contributed by atoms with Gasteiger partial charge in [-0.05, 0) is 30.7 Å². The molecular formula is C25H20N2O6. The van der Waals surface area contributed by atoms with Crippen molar-refractivity contribution in [3.8, 4) is 5.75 Å². The summed E-state index contributed by atoms with van der Waals surface area (Å²) in [5, 5.41) is 22.4. The first kappa shape index (κ1) is 21.8. The predicted octanol–water partition coefficient (Wildman–Crippen LogP) is 4.54. The van der Waals surface area contributed by atoms with Crippen molar-refractivity contribution in [3.63, 3.8) is 0 Å². The number of methoxy groups -OCH3 is 1. The number of nitrogens with zero attached hydrogens (tertiary/aromatic N) is 2. The molecule has 0 aromatic heterocycles. The van der Waals surface area contributed by atoms with E-state index < -0.39 is 28.4 Å². The second-order valence-electron chi connectivity index (χ2n) is 7.56. The number of benzene rings is 3. The Morgan fingerprint density at radius 1 is 1.03 bits per heavy atom. The van der Waals surface area contributed by atoms with E-state index in [0.717, 1.165) is 11.6 Å². The molecule has 1 saturated heterocycles. The van der Waals surface area contributed by atoms with Crippen molar-refractivity contribution in [2.75, 3.05) is 12.0 Å². The van der Waals surface area contributed by atoms with Crippen LogP contribution in [0.15, 0.2) is 78.4 Å². The maximum atomic E-state index is 13.2. The average Bonchev–Trinajstić information content (AvgIpc) is 3.08. The summed E-state index contributed by atoms with van der Waals surface area (Å²) in [4.78, 5) is 38.3. The van der Waals surface area contributed by atoms with E-state index >= 15 is 0 Å². The van der Waals surface area contributed by atoms with Gasteiger partial charge in [-0.25, -0.2) is 0 Å². The van der Waals surface area contributed by atoms with E-state index in [0.29, 0.717) is 17.0 Å². The molecule has 1 unspecified atom stereocenters. The zero-order valence-electron chi connectivity index (χ0n) is 17.9. The molecule has 0 bridgehead atoms. The summed E-state index contributed by atoms with van der Waals surface area (Å²) in [6.07, 6.45) is 0. The fraction of sp³-hybridized carbons (Fsp3) is 0.120. The molecule has 1 amide bonds. The molecule has 1 atom stereocenters. The quantitative estimate of drug-likeness (QED) is 0.203. The van der Waals surface area contributed by atoms with Crippen LogP contribution in [0.1, 0.15) is 22.7 Å². The van der Waals surface area contributed by atoms with Crippen molar-refractivity contribution in [2.24, 2.45) is 0 Å². The van der Waals surface area contributed by atoms with Gasteiger partial charge < -0.3 is 9.84 Å². The van der Waals surface area contributed by atoms with Crippen LogP contribution in [0.5, 0.6) is 5.75 Å². The first-order chi connectivity index (χ1) is 15.8. The molecule has 3 aromatic rings. The minimum atomic E-state index is -0.998. The molecule has 1 N–H and O–H groups in total. The molecular weight excluding hydrogens is 424 g/mol. The number of aliphatic hydroxyl groups is 1. The lowest BCUT2D eigenvalue weighted by Gasteiger charge is -2.26. The number of nitro groups is 1. The molecule has 1 fully saturated rings. The molecule has 33 heavy (non-hydrogen) atoms. The van der Waals surface area contributed by atoms with E-state index in [2.05, 4.69) is 0 Å². The second kappa shape index (κ2) is 8.58. The van der Waals surface area contributed by atoms with Crippen molar-refractivity contribution in [2.45, 2.75) is 13.0 Å². The zero-order chi connectivity index (χ0) is 23.7. The Kier molecular flexibility index (Phi) is 5.66. The summed E-state index contributed by atoms with van der Waals surface area (Å²) in [6.45, 7) is 1.86. The number of hydrogen-bond acceptors (Lipinski definition) is 6. The van der Waals surface area contributed by atoms with Gasteiger partial charge >= 0.3 is 0 Å². The number of carbonyl (C=O) groups excluding carboxylic acids is 2. The highest BCUT2D eigenvalue weighted by Crippen LogP contribution is 2.45. The van der Waals surface area contributed by atoms with Gasteiger partial charge in [-0.15, -0.1) is 0 Å². The highest BCUT2D eigenvalue weighted by Gasteiger charge is 2.48. The number of aryl methyl sites for hydroxylation is 1. The Bertz CT molecular complexity index is 1310. The monoisotopic (exact) mass is 444 g/mol. The van der Waals surface area contributed by atoms with Crippen LogP contribution >= 0.6 is 0 Å². The third-order valence-electron chi connectivity index (χ3n) is 5.49. The Labute approximate surface area is 189 Å². The standard InChI is InChI=1S/C25H20N2O6/c1-15-7-5-9-17(13-15)26-22(19-11-3-4-12-20(19)33-2)21(24(29)25(26)30)23(28)16-8-6-10-18(14-16)27(31)32/h3-14,22,28H,1-2H3/b23-21+. The van der Waals surface area contributed by atoms with Crippen LogP contribution in [0.4, 0.5) is 11.4 Å². The maximum Gasteiger partial charge on any atom is 0.300 e. The van der Waals surface area contributed by atoms with E-state index in [1.54, 1.807) is 42.5 Å². The molecule has 0 aliphatic carbocycles. The molecule has 8 heteroatoms. The van der Waals surface area contributed by atoms with Gasteiger partial charge in [0.15, 0.2) is 0 Å². The molecule has 0 radical (unpaired) electrons. The summed E-state index contributed by atoms with van der Waals surface area (Å²) < 4.78 is 5.48. The van der Waals surface area contributed by atoms with Crippen LogP contribution in [0.3, 0.4) is 0 Å². The molecule has 1 heterocycles. The number of Topliss-reactive ketones (excluding diaryl/α,β-unsaturated/α-hetero) is 1. The molecule has 166 valence electrons. The molecule has 3 aromatic carbocycles. The van der Waals surface area contributed by atoms with E-state index in [1.807, 2.05) is 13.0 Å². The highest BCUT2D eigenvalue weighted by molar-refractivity contribution is 6.51. The molecule has 1 aliphatic heterocycles. The van der Waals surface area contributed by atoms with Crippen LogP contribution in [-0.2, 0) is 9.59 Å². The summed E-state index contributed by atoms with van der Waals surface area (Å²) in [6, 6.07) is 18.3. The van der Waals surface area contributed by atoms with Gasteiger partial charge in [-0.1, -0.05) is 42.5 Å². The number of non-ortho nitro benzene ring substituents is 1. The predicted molar refractivity (Wildman–Crippen MR) is 122 cm³/mol. The number of amides is 1. The van der Waals surface area contributed by atoms with Crippen LogP contribution < -0.4 is 9.64 Å². The van der Waals surface area contributed by atoms with Crippen molar-refractivity contribution < 1.29 is 24.4 Å². The zero-order valence-corrected chi connectivity index (χ0v) is 17.9. The van der Waals surface area contributed by atoms with Crippen LogP contribution in [-0.4, -0.2) is 28.8 Å². The number of hydrogen-bond donors (Lipinski definition) is 1. The number of ketones is 1. The molecule has 0 saturated carbocycles. The van der Waals surface area contributed by atoms with E-state index in [9.17, 15) is 24.8 Å². The largest absolute Gasteiger partial charge is 0.507 e. The summed E-state index contributed by atoms with van der Waals surface area (Å²) in [5.74, 6) is -1.78. The fourth-order valence-electron chi connectivity index (χ4n) is 3.99. The van der Waals surface area contributed by atoms with Gasteiger partial charge in [0.25, 0.3) is 17.4 Å². The Morgan fingerprint density at radius 2 is 1.76 bits per heavy atom. The Balaban J connectivity index is 2.00. The lowest BCUT2D eigenvalue weighted by atomic mass is 9.94. The van der Waals surface area contributed by atoms with E-state index in [4.69, 9.17) is 4.74 Å². The lowest BCUT2D eigenvalue weighted by Crippen LogP contribution is -2.29. The number of ether oxygens (including phenoxy) is 1. The topological polar surface area (TPSA) is 110 Å². The number of aliphatic hydroxyl groups excluding tert-OH is 1. The summed E-state index contributed by atoms with van der Waals surface area (Å²) in [5.41, 5.74) is 1.49. The van der Waals surface area contributed by atoms with Crippen LogP contribution in [0, 0.1) is 17.0 Å². The summed E-state index contributed by atoms with van der Waals surface area (Å²) >= 11 is 0. The molecule has 4 rings (SSSR count). The minimum Gasteiger partial charge on any atom is -0.507 e. The van der Waals surface area contributed by atoms with Crippen LogP contribution in [0.25, 0.3) is 5.76 Å². The Morgan fingerprint density at radius 3 is 2.45 bits per heavy atom. The van der Waals surface area contributed by atoms with Gasteiger partial charge in [0.2, 0.25) is 0 Å². The first-order valence-corrected chi connectivity index (χ1v) is 10.1. The van der Waals surface area contributed by atoms with Gasteiger partial charge in [-0.3, -0.25) is 24.6 Å². The lowest BCUT2D eigenvalue weighted by molar-refractivity contribution is -0.384. The number of carbonyl (C=O) groups is 2. The van der Waals surface area contributed by atoms with Crippen LogP contribution in [0.2, 0.25) is 0 Å². The number of anilines is 1. The van der Waals surface area contributed by atoms with Gasteiger partial charge in [0, 0.05) is 28.9 Å². The van der Waals surface area contributed by atoms with Gasteiger partial charge in [0.05, 0.1) is 23.6 Å². The number of para-hydroxylation sites is 1. The van der Waals surface area contributed by atoms with Crippen molar-refractivity contribution in [1.82, 2.24) is 0 Å². The van der Waals surface area contributed by atoms with E-state index in [1.165, 1.54) is 30.2 Å². The molecule has 8 nitrogen and oxygen atoms in total. The van der Waals surface area contributed by atoms with Crippen molar-refractivity contribution in [1.29, 1.82) is 0 Å². The van der Waals surface area contributed by atoms with Crippen molar-refractivity contribution >= 4 is 28.8 Å². The maximum absolute atomic E-state index is 13.2. The highest BCUT2D eigenvalue weighted by atomic mass is 16.6. The normalized spacial score (nSPS) is 17.3. The van der Waals surface area contributed by atoms with Gasteiger partial charge in [0.1, 0.15) is 11.5 Å². The third-order valence-corrected chi connectivity index (χ3v) is 5.49. The second-order valence-corrected chi connectivity index (χ2v) is 7.56. The van der Waals surface area contributed by atoms with E-state index in [-0.39, 0.29) is 16.8 Å². The van der Waals surface area contributed by atoms with Gasteiger partial charge in [-0.2, -0.15) is 0 Å². The molecule has 0 spiro atoms. The molecule has 1 aliphatic rings. The SMILES string of the molecule is COc1ccccc1C1/C(=C(\O)c2cccc([N+](=O)[O-])c2)C(=O)C(=O)N1c1cccc(C)c1. The average molecular weight is 444 g/mol. The Hall–Kier alpha value is -4.46. The fourth-order valence-corrected chi connectivity index (χ4v) is 3.99. The smallest absolute Gasteiger partial charge is 0.300 e. The number of rotatable bonds is 5.